The lowest BCUT2D eigenvalue weighted by molar-refractivity contribution is 0.262. The summed E-state index contributed by atoms with van der Waals surface area (Å²) in [5, 5.41) is 6.34. The van der Waals surface area contributed by atoms with E-state index in [0.29, 0.717) is 10.7 Å². The summed E-state index contributed by atoms with van der Waals surface area (Å²) in [4.78, 5) is 17.3. The molecule has 0 bridgehead atoms. The molecule has 0 saturated carbocycles. The molecule has 0 fully saturated rings. The van der Waals surface area contributed by atoms with Crippen LogP contribution in [0.4, 0.5) is 16.2 Å². The summed E-state index contributed by atoms with van der Waals surface area (Å²) in [6.07, 6.45) is 1.56. The molecule has 0 aliphatic carbocycles. The largest absolute Gasteiger partial charge is 0.323 e. The second kappa shape index (κ2) is 9.81. The summed E-state index contributed by atoms with van der Waals surface area (Å²) < 4.78 is 2.22. The number of hydrogen-bond acceptors (Lipinski definition) is 2. The molecule has 168 valence electrons. The van der Waals surface area contributed by atoms with Crippen molar-refractivity contribution in [3.05, 3.63) is 120 Å². The molecule has 0 atom stereocenters. The fourth-order valence-corrected chi connectivity index (χ4v) is 4.12. The molecule has 0 aliphatic heterocycles. The van der Waals surface area contributed by atoms with E-state index in [1.807, 2.05) is 54.6 Å². The molecular formula is C28H23ClN4O. The van der Waals surface area contributed by atoms with Gasteiger partial charge in [0.2, 0.25) is 0 Å². The molecule has 4 aromatic carbocycles. The smallest absolute Gasteiger partial charge is 0.308 e. The van der Waals surface area contributed by atoms with Crippen molar-refractivity contribution in [2.24, 2.45) is 0 Å². The van der Waals surface area contributed by atoms with Crippen molar-refractivity contribution >= 4 is 40.0 Å². The maximum atomic E-state index is 12.4. The molecular weight excluding hydrogens is 444 g/mol. The van der Waals surface area contributed by atoms with Crippen LogP contribution >= 0.6 is 11.6 Å². The Bertz CT molecular complexity index is 1430. The van der Waals surface area contributed by atoms with E-state index in [1.54, 1.807) is 24.3 Å². The fraction of sp³-hybridized carbons (Fsp3) is 0.0714. The van der Waals surface area contributed by atoms with Crippen molar-refractivity contribution in [2.75, 3.05) is 10.6 Å². The predicted molar refractivity (Wildman–Crippen MR) is 139 cm³/mol. The van der Waals surface area contributed by atoms with Gasteiger partial charge in [-0.05, 0) is 72.6 Å². The molecule has 0 saturated heterocycles. The average Bonchev–Trinajstić information content (AvgIpc) is 3.23. The van der Waals surface area contributed by atoms with Crippen LogP contribution in [0.25, 0.3) is 16.7 Å². The number of amides is 2. The number of carbonyl (C=O) groups excluding carboxylic acids is 1. The Labute approximate surface area is 203 Å². The molecule has 34 heavy (non-hydrogen) atoms. The second-order valence-corrected chi connectivity index (χ2v) is 8.41. The van der Waals surface area contributed by atoms with E-state index >= 15 is 0 Å². The van der Waals surface area contributed by atoms with Crippen LogP contribution in [-0.4, -0.2) is 15.6 Å². The third kappa shape index (κ3) is 4.95. The molecule has 0 unspecified atom stereocenters. The predicted octanol–water partition coefficient (Wildman–Crippen LogP) is 7.11. The lowest BCUT2D eigenvalue weighted by Gasteiger charge is -2.11. The van der Waals surface area contributed by atoms with Crippen molar-refractivity contribution in [1.82, 2.24) is 9.55 Å². The van der Waals surface area contributed by atoms with Gasteiger partial charge in [-0.3, -0.25) is 4.57 Å². The monoisotopic (exact) mass is 466 g/mol. The Morgan fingerprint density at radius 1 is 0.765 bits per heavy atom. The van der Waals surface area contributed by atoms with Gasteiger partial charge in [0.15, 0.2) is 0 Å². The summed E-state index contributed by atoms with van der Waals surface area (Å²) in [6.45, 7) is 0. The van der Waals surface area contributed by atoms with Crippen LogP contribution in [0.2, 0.25) is 5.02 Å². The van der Waals surface area contributed by atoms with Gasteiger partial charge in [0.05, 0.1) is 11.0 Å². The number of aromatic nitrogens is 2. The number of hydrogen-bond donors (Lipinski definition) is 2. The van der Waals surface area contributed by atoms with E-state index in [-0.39, 0.29) is 6.03 Å². The Kier molecular flexibility index (Phi) is 6.27. The number of imidazole rings is 1. The minimum Gasteiger partial charge on any atom is -0.308 e. The third-order valence-electron chi connectivity index (χ3n) is 5.57. The minimum absolute atomic E-state index is 0.301. The fourth-order valence-electron chi connectivity index (χ4n) is 4.00. The van der Waals surface area contributed by atoms with Crippen LogP contribution in [0.15, 0.2) is 103 Å². The number of carbonyl (C=O) groups is 1. The van der Waals surface area contributed by atoms with Gasteiger partial charge in [0.1, 0.15) is 5.82 Å². The van der Waals surface area contributed by atoms with Crippen molar-refractivity contribution in [1.29, 1.82) is 0 Å². The number of rotatable bonds is 6. The van der Waals surface area contributed by atoms with Crippen LogP contribution in [-0.2, 0) is 12.8 Å². The van der Waals surface area contributed by atoms with Crippen molar-refractivity contribution in [2.45, 2.75) is 12.8 Å². The van der Waals surface area contributed by atoms with E-state index in [2.05, 4.69) is 39.5 Å². The van der Waals surface area contributed by atoms with Crippen molar-refractivity contribution in [3.63, 3.8) is 0 Å². The minimum atomic E-state index is -0.301. The lowest BCUT2D eigenvalue weighted by Crippen LogP contribution is -2.19. The molecule has 5 aromatic rings. The third-order valence-corrected chi connectivity index (χ3v) is 5.82. The summed E-state index contributed by atoms with van der Waals surface area (Å²) in [5.41, 5.74) is 5.71. The molecule has 2 amide bonds. The Hall–Kier alpha value is -4.09. The molecule has 1 heterocycles. The highest BCUT2D eigenvalue weighted by molar-refractivity contribution is 6.30. The second-order valence-electron chi connectivity index (χ2n) is 7.97. The number of para-hydroxylation sites is 3. The molecule has 0 spiro atoms. The van der Waals surface area contributed by atoms with Crippen LogP contribution in [0, 0.1) is 0 Å². The topological polar surface area (TPSA) is 59.0 Å². The van der Waals surface area contributed by atoms with Crippen LogP contribution < -0.4 is 10.6 Å². The number of anilines is 2. The Balaban J connectivity index is 1.31. The molecule has 6 heteroatoms. The quantitative estimate of drug-likeness (QED) is 0.280. The van der Waals surface area contributed by atoms with E-state index in [1.165, 1.54) is 0 Å². The Morgan fingerprint density at radius 2 is 1.50 bits per heavy atom. The zero-order valence-electron chi connectivity index (χ0n) is 18.4. The highest BCUT2D eigenvalue weighted by Gasteiger charge is 2.12. The summed E-state index contributed by atoms with van der Waals surface area (Å²) in [6, 6.07) is 33.1. The maximum Gasteiger partial charge on any atom is 0.323 e. The lowest BCUT2D eigenvalue weighted by atomic mass is 10.1. The zero-order chi connectivity index (χ0) is 23.3. The number of benzene rings is 4. The SMILES string of the molecule is O=C(Nc1ccc(Cl)cc1)Nc1cccc(CCc2nc3ccccc3n2-c2ccccc2)c1. The number of fused-ring (bicyclic) bond motifs is 1. The van der Waals surface area contributed by atoms with E-state index < -0.39 is 0 Å². The van der Waals surface area contributed by atoms with E-state index in [9.17, 15) is 4.79 Å². The van der Waals surface area contributed by atoms with Crippen molar-refractivity contribution < 1.29 is 4.79 Å². The summed E-state index contributed by atoms with van der Waals surface area (Å²) >= 11 is 5.90. The van der Waals surface area contributed by atoms with Crippen LogP contribution in [0.1, 0.15) is 11.4 Å². The number of nitrogens with one attached hydrogen (secondary N) is 2. The first kappa shape index (κ1) is 21.7. The standard InChI is InChI=1S/C28H23ClN4O/c29-21-14-16-22(17-15-21)30-28(34)31-23-8-6-7-20(19-23)13-18-27-32-25-11-4-5-12-26(25)33(27)24-9-2-1-3-10-24/h1-12,14-17,19H,13,18H2,(H2,30,31,34). The van der Waals surface area contributed by atoms with Gasteiger partial charge in [-0.2, -0.15) is 0 Å². The number of urea groups is 1. The first-order valence-corrected chi connectivity index (χ1v) is 11.5. The highest BCUT2D eigenvalue weighted by atomic mass is 35.5. The molecule has 2 N–H and O–H groups in total. The van der Waals surface area contributed by atoms with Gasteiger partial charge in [-0.1, -0.05) is 54.1 Å². The van der Waals surface area contributed by atoms with E-state index in [4.69, 9.17) is 16.6 Å². The van der Waals surface area contributed by atoms with Crippen LogP contribution in [0.5, 0.6) is 0 Å². The molecule has 1 aromatic heterocycles. The number of nitrogens with zero attached hydrogens (tertiary/aromatic N) is 2. The molecule has 5 nitrogen and oxygen atoms in total. The Morgan fingerprint density at radius 3 is 2.32 bits per heavy atom. The maximum absolute atomic E-state index is 12.4. The molecule has 0 radical (unpaired) electrons. The van der Waals surface area contributed by atoms with Crippen LogP contribution in [0.3, 0.4) is 0 Å². The van der Waals surface area contributed by atoms with Gasteiger partial charge in [-0.15, -0.1) is 0 Å². The first-order chi connectivity index (χ1) is 16.7. The molecule has 0 aliphatic rings. The number of aryl methyl sites for hydroxylation is 2. The van der Waals surface area contributed by atoms with Gasteiger partial charge in [0.25, 0.3) is 0 Å². The summed E-state index contributed by atoms with van der Waals surface area (Å²) in [7, 11) is 0. The normalized spacial score (nSPS) is 10.9. The van der Waals surface area contributed by atoms with Gasteiger partial charge >= 0.3 is 6.03 Å². The first-order valence-electron chi connectivity index (χ1n) is 11.1. The van der Waals surface area contributed by atoms with Gasteiger partial charge in [0, 0.05) is 28.5 Å². The highest BCUT2D eigenvalue weighted by Crippen LogP contribution is 2.23. The average molecular weight is 467 g/mol. The van der Waals surface area contributed by atoms with Gasteiger partial charge < -0.3 is 10.6 Å². The summed E-state index contributed by atoms with van der Waals surface area (Å²) in [5.74, 6) is 1.01. The van der Waals surface area contributed by atoms with Gasteiger partial charge in [-0.25, -0.2) is 9.78 Å². The number of halogens is 1. The molecule has 5 rings (SSSR count). The van der Waals surface area contributed by atoms with Crippen molar-refractivity contribution in [3.8, 4) is 5.69 Å². The zero-order valence-corrected chi connectivity index (χ0v) is 19.2. The van der Waals surface area contributed by atoms with E-state index in [0.717, 1.165) is 46.6 Å².